The number of imidazole rings is 1. The summed E-state index contributed by atoms with van der Waals surface area (Å²) in [6.07, 6.45) is 1.75. The minimum absolute atomic E-state index is 0.119. The van der Waals surface area contributed by atoms with Crippen LogP contribution in [0.5, 0.6) is 0 Å². The number of sulfone groups is 1. The molecule has 0 aliphatic carbocycles. The minimum Gasteiger partial charge on any atom is -0.306 e. The van der Waals surface area contributed by atoms with Crippen LogP contribution in [0.2, 0.25) is 0 Å². The van der Waals surface area contributed by atoms with Crippen molar-refractivity contribution in [2.75, 3.05) is 5.32 Å². The number of nitrogens with zero attached hydrogens (tertiary/aromatic N) is 2. The predicted molar refractivity (Wildman–Crippen MR) is 108 cm³/mol. The second-order valence-electron chi connectivity index (χ2n) is 6.39. The fourth-order valence-corrected chi connectivity index (χ4v) is 3.71. The van der Waals surface area contributed by atoms with Gasteiger partial charge < -0.3 is 5.32 Å². The number of benzene rings is 2. The van der Waals surface area contributed by atoms with Crippen molar-refractivity contribution in [1.29, 1.82) is 0 Å². The van der Waals surface area contributed by atoms with Gasteiger partial charge in [0.15, 0.2) is 0 Å². The number of carbonyl (C=O) groups excluding carboxylic acids is 1. The van der Waals surface area contributed by atoms with Crippen LogP contribution in [0, 0.1) is 0 Å². The summed E-state index contributed by atoms with van der Waals surface area (Å²) in [5, 5.41) is 2.79. The van der Waals surface area contributed by atoms with Gasteiger partial charge >= 0.3 is 5.76 Å². The predicted octanol–water partition coefficient (Wildman–Crippen LogP) is 4.25. The van der Waals surface area contributed by atoms with Gasteiger partial charge in [-0.3, -0.25) is 9.20 Å². The van der Waals surface area contributed by atoms with E-state index in [0.29, 0.717) is 17.2 Å². The van der Waals surface area contributed by atoms with Gasteiger partial charge in [0.2, 0.25) is 9.84 Å². The van der Waals surface area contributed by atoms with E-state index < -0.39 is 26.4 Å². The standard InChI is InChI=1S/C21H15F2N3O3S/c22-21(23)30(28,29)16-11-9-15(10-12-16)20(27)25-19-18(14-6-2-1-3-7-14)24-17-8-4-5-13-26(17)19/h1-13,21H,(H,25,27). The molecular formula is C21H15F2N3O3S. The first-order valence-electron chi connectivity index (χ1n) is 8.84. The molecule has 0 atom stereocenters. The molecule has 0 saturated carbocycles. The van der Waals surface area contributed by atoms with E-state index >= 15 is 0 Å². The topological polar surface area (TPSA) is 80.5 Å². The van der Waals surface area contributed by atoms with Gasteiger partial charge in [-0.15, -0.1) is 0 Å². The Hall–Kier alpha value is -3.59. The number of nitrogens with one attached hydrogen (secondary N) is 1. The smallest absolute Gasteiger partial charge is 0.306 e. The fourth-order valence-electron chi connectivity index (χ4n) is 2.99. The lowest BCUT2D eigenvalue weighted by Crippen LogP contribution is -2.15. The van der Waals surface area contributed by atoms with Crippen LogP contribution >= 0.6 is 0 Å². The maximum atomic E-state index is 12.8. The van der Waals surface area contributed by atoms with Gasteiger partial charge in [0.05, 0.1) is 4.90 Å². The Kier molecular flexibility index (Phi) is 5.04. The summed E-state index contributed by atoms with van der Waals surface area (Å²) in [7, 11) is -4.72. The number of alkyl halides is 2. The van der Waals surface area contributed by atoms with E-state index in [9.17, 15) is 22.0 Å². The number of anilines is 1. The van der Waals surface area contributed by atoms with Gasteiger partial charge in [0.1, 0.15) is 17.2 Å². The van der Waals surface area contributed by atoms with Crippen LogP contribution in [-0.2, 0) is 9.84 Å². The molecule has 2 aromatic heterocycles. The van der Waals surface area contributed by atoms with Gasteiger partial charge in [-0.2, -0.15) is 8.78 Å². The molecule has 30 heavy (non-hydrogen) atoms. The van der Waals surface area contributed by atoms with Crippen molar-refractivity contribution in [3.05, 3.63) is 84.6 Å². The molecule has 0 bridgehead atoms. The van der Waals surface area contributed by atoms with Crippen LogP contribution in [0.4, 0.5) is 14.6 Å². The van der Waals surface area contributed by atoms with Gasteiger partial charge in [-0.05, 0) is 36.4 Å². The largest absolute Gasteiger partial charge is 0.341 e. The van der Waals surface area contributed by atoms with Crippen molar-refractivity contribution in [2.45, 2.75) is 10.7 Å². The lowest BCUT2D eigenvalue weighted by atomic mass is 10.1. The number of halogens is 2. The second kappa shape index (κ2) is 7.68. The number of carbonyl (C=O) groups is 1. The molecule has 6 nitrogen and oxygen atoms in total. The number of hydrogen-bond acceptors (Lipinski definition) is 4. The van der Waals surface area contributed by atoms with E-state index in [-0.39, 0.29) is 5.56 Å². The lowest BCUT2D eigenvalue weighted by Gasteiger charge is -2.09. The van der Waals surface area contributed by atoms with Gasteiger partial charge in [-0.1, -0.05) is 36.4 Å². The normalized spacial score (nSPS) is 11.7. The molecular weight excluding hydrogens is 412 g/mol. The summed E-state index contributed by atoms with van der Waals surface area (Å²) < 4.78 is 50.2. The van der Waals surface area contributed by atoms with Crippen LogP contribution in [0.15, 0.2) is 83.9 Å². The van der Waals surface area contributed by atoms with Crippen LogP contribution in [0.3, 0.4) is 0 Å². The zero-order chi connectivity index (χ0) is 21.3. The zero-order valence-electron chi connectivity index (χ0n) is 15.4. The highest BCUT2D eigenvalue weighted by atomic mass is 32.2. The number of amides is 1. The van der Waals surface area contributed by atoms with Crippen molar-refractivity contribution < 1.29 is 22.0 Å². The maximum Gasteiger partial charge on any atom is 0.341 e. The number of hydrogen-bond donors (Lipinski definition) is 1. The van der Waals surface area contributed by atoms with Crippen LogP contribution in [-0.4, -0.2) is 29.5 Å². The summed E-state index contributed by atoms with van der Waals surface area (Å²) >= 11 is 0. The van der Waals surface area contributed by atoms with Crippen molar-refractivity contribution in [2.24, 2.45) is 0 Å². The third-order valence-electron chi connectivity index (χ3n) is 4.49. The van der Waals surface area contributed by atoms with Gasteiger partial charge in [0, 0.05) is 17.3 Å². The molecule has 1 N–H and O–H groups in total. The zero-order valence-corrected chi connectivity index (χ0v) is 16.2. The highest BCUT2D eigenvalue weighted by molar-refractivity contribution is 7.91. The summed E-state index contributed by atoms with van der Waals surface area (Å²) in [4.78, 5) is 16.8. The first-order chi connectivity index (χ1) is 14.4. The van der Waals surface area contributed by atoms with Crippen LogP contribution < -0.4 is 5.32 Å². The third-order valence-corrected chi connectivity index (χ3v) is 5.89. The number of rotatable bonds is 5. The van der Waals surface area contributed by atoms with Crippen LogP contribution in [0.1, 0.15) is 10.4 Å². The van der Waals surface area contributed by atoms with E-state index in [1.807, 2.05) is 36.4 Å². The first-order valence-corrected chi connectivity index (χ1v) is 10.4. The maximum absolute atomic E-state index is 12.8. The molecule has 2 heterocycles. The monoisotopic (exact) mass is 427 g/mol. The van der Waals surface area contributed by atoms with Gasteiger partial charge in [0.25, 0.3) is 5.91 Å². The highest BCUT2D eigenvalue weighted by Gasteiger charge is 2.26. The molecule has 1 amide bonds. The van der Waals surface area contributed by atoms with E-state index in [2.05, 4.69) is 10.3 Å². The molecule has 0 spiro atoms. The first kappa shape index (κ1) is 19.7. The molecule has 0 aliphatic rings. The molecule has 152 valence electrons. The summed E-state index contributed by atoms with van der Waals surface area (Å²) in [6, 6.07) is 19.1. The third kappa shape index (κ3) is 3.55. The Morgan fingerprint density at radius 1 is 0.933 bits per heavy atom. The number of aromatic nitrogens is 2. The average Bonchev–Trinajstić information content (AvgIpc) is 3.13. The summed E-state index contributed by atoms with van der Waals surface area (Å²) in [5.41, 5.74) is 2.11. The molecule has 0 fully saturated rings. The van der Waals surface area contributed by atoms with Crippen molar-refractivity contribution in [1.82, 2.24) is 9.38 Å². The molecule has 9 heteroatoms. The SMILES string of the molecule is O=C(Nc1c(-c2ccccc2)nc2ccccn12)c1ccc(S(=O)(=O)C(F)F)cc1. The van der Waals surface area contributed by atoms with Crippen molar-refractivity contribution in [3.8, 4) is 11.3 Å². The van der Waals surface area contributed by atoms with E-state index in [0.717, 1.165) is 17.7 Å². The number of fused-ring (bicyclic) bond motifs is 1. The van der Waals surface area contributed by atoms with E-state index in [1.165, 1.54) is 12.1 Å². The second-order valence-corrected chi connectivity index (χ2v) is 8.31. The molecule has 0 unspecified atom stereocenters. The Labute approximate surface area is 170 Å². The average molecular weight is 427 g/mol. The fraction of sp³-hybridized carbons (Fsp3) is 0.0476. The lowest BCUT2D eigenvalue weighted by molar-refractivity contribution is 0.102. The Balaban J connectivity index is 1.70. The molecule has 4 aromatic rings. The molecule has 0 aliphatic heterocycles. The Morgan fingerprint density at radius 2 is 1.60 bits per heavy atom. The molecule has 2 aromatic carbocycles. The minimum atomic E-state index is -4.72. The molecule has 4 rings (SSSR count). The van der Waals surface area contributed by atoms with Crippen molar-refractivity contribution >= 4 is 27.2 Å². The Morgan fingerprint density at radius 3 is 2.27 bits per heavy atom. The van der Waals surface area contributed by atoms with Crippen molar-refractivity contribution in [3.63, 3.8) is 0 Å². The van der Waals surface area contributed by atoms with E-state index in [4.69, 9.17) is 0 Å². The molecule has 0 saturated heterocycles. The van der Waals surface area contributed by atoms with Gasteiger partial charge in [-0.25, -0.2) is 13.4 Å². The highest BCUT2D eigenvalue weighted by Crippen LogP contribution is 2.29. The van der Waals surface area contributed by atoms with E-state index in [1.54, 1.807) is 22.7 Å². The summed E-state index contributed by atoms with van der Waals surface area (Å²) in [5.74, 6) is -3.62. The molecule has 0 radical (unpaired) electrons. The van der Waals surface area contributed by atoms with Crippen LogP contribution in [0.25, 0.3) is 16.9 Å². The number of pyridine rings is 1. The quantitative estimate of drug-likeness (QED) is 0.516. The Bertz CT molecular complexity index is 1320. The summed E-state index contributed by atoms with van der Waals surface area (Å²) in [6.45, 7) is 0.